The van der Waals surface area contributed by atoms with Gasteiger partial charge < -0.3 is 10.5 Å². The van der Waals surface area contributed by atoms with Crippen LogP contribution in [0, 0.1) is 6.92 Å². The quantitative estimate of drug-likeness (QED) is 0.872. The molecular weight excluding hydrogens is 214 g/mol. The summed E-state index contributed by atoms with van der Waals surface area (Å²) in [6.45, 7) is 2.02. The monoisotopic (exact) mass is 229 g/mol. The summed E-state index contributed by atoms with van der Waals surface area (Å²) in [5, 5.41) is 0. The third-order valence-electron chi connectivity index (χ3n) is 2.58. The first-order valence-corrected chi connectivity index (χ1v) is 5.39. The van der Waals surface area contributed by atoms with Gasteiger partial charge in [0.05, 0.1) is 13.2 Å². The molecule has 17 heavy (non-hydrogen) atoms. The van der Waals surface area contributed by atoms with E-state index < -0.39 is 0 Å². The molecule has 0 aliphatic rings. The van der Waals surface area contributed by atoms with Crippen molar-refractivity contribution >= 4 is 0 Å². The standard InChI is InChI=1S/C13H15N3O/c1-9-4-5-11(17-2)10(8-9)12(14)13-15-6-3-7-16-13/h3-8,12H,14H2,1-2H3. The maximum absolute atomic E-state index is 6.16. The van der Waals surface area contributed by atoms with Gasteiger partial charge >= 0.3 is 0 Å². The van der Waals surface area contributed by atoms with E-state index in [0.717, 1.165) is 16.9 Å². The lowest BCUT2D eigenvalue weighted by Crippen LogP contribution is -2.16. The Kier molecular flexibility index (Phi) is 3.35. The number of aryl methyl sites for hydroxylation is 1. The van der Waals surface area contributed by atoms with E-state index in [1.165, 1.54) is 0 Å². The van der Waals surface area contributed by atoms with E-state index in [2.05, 4.69) is 9.97 Å². The summed E-state index contributed by atoms with van der Waals surface area (Å²) in [5.74, 6) is 1.35. The molecule has 1 aromatic heterocycles. The van der Waals surface area contributed by atoms with Crippen LogP contribution in [0.1, 0.15) is 23.0 Å². The zero-order chi connectivity index (χ0) is 12.3. The van der Waals surface area contributed by atoms with Gasteiger partial charge in [0.1, 0.15) is 11.6 Å². The van der Waals surface area contributed by atoms with Crippen LogP contribution in [0.5, 0.6) is 5.75 Å². The normalized spacial score (nSPS) is 12.2. The average molecular weight is 229 g/mol. The maximum Gasteiger partial charge on any atom is 0.149 e. The van der Waals surface area contributed by atoms with Crippen molar-refractivity contribution in [3.05, 3.63) is 53.6 Å². The van der Waals surface area contributed by atoms with Gasteiger partial charge in [0.2, 0.25) is 0 Å². The number of nitrogens with zero attached hydrogens (tertiary/aromatic N) is 2. The second-order valence-corrected chi connectivity index (χ2v) is 3.83. The summed E-state index contributed by atoms with van der Waals surface area (Å²) >= 11 is 0. The van der Waals surface area contributed by atoms with Gasteiger partial charge in [-0.05, 0) is 19.1 Å². The second kappa shape index (κ2) is 4.93. The highest BCUT2D eigenvalue weighted by molar-refractivity contribution is 5.41. The molecular formula is C13H15N3O. The van der Waals surface area contributed by atoms with Crippen LogP contribution in [0.4, 0.5) is 0 Å². The number of benzene rings is 1. The van der Waals surface area contributed by atoms with Gasteiger partial charge in [0.15, 0.2) is 0 Å². The van der Waals surface area contributed by atoms with Crippen molar-refractivity contribution in [1.29, 1.82) is 0 Å². The highest BCUT2D eigenvalue weighted by Crippen LogP contribution is 2.27. The molecule has 2 rings (SSSR count). The minimum absolute atomic E-state index is 0.369. The Balaban J connectivity index is 2.43. The summed E-state index contributed by atoms with van der Waals surface area (Å²) < 4.78 is 5.31. The van der Waals surface area contributed by atoms with E-state index in [1.807, 2.05) is 25.1 Å². The zero-order valence-corrected chi connectivity index (χ0v) is 9.92. The molecule has 0 bridgehead atoms. The Hall–Kier alpha value is -1.94. The van der Waals surface area contributed by atoms with Crippen molar-refractivity contribution in [3.63, 3.8) is 0 Å². The number of hydrogen-bond donors (Lipinski definition) is 1. The van der Waals surface area contributed by atoms with Crippen LogP contribution in [0.2, 0.25) is 0 Å². The molecule has 0 spiro atoms. The van der Waals surface area contributed by atoms with Crippen molar-refractivity contribution in [1.82, 2.24) is 9.97 Å². The number of nitrogens with two attached hydrogens (primary N) is 1. The third-order valence-corrected chi connectivity index (χ3v) is 2.58. The minimum Gasteiger partial charge on any atom is -0.496 e. The minimum atomic E-state index is -0.369. The molecule has 0 amide bonds. The van der Waals surface area contributed by atoms with Gasteiger partial charge in [-0.1, -0.05) is 17.7 Å². The largest absolute Gasteiger partial charge is 0.496 e. The predicted molar refractivity (Wildman–Crippen MR) is 65.8 cm³/mol. The Labute approximate surface area is 100 Å². The SMILES string of the molecule is COc1ccc(C)cc1C(N)c1ncccn1. The van der Waals surface area contributed by atoms with E-state index in [0.29, 0.717) is 5.82 Å². The number of aromatic nitrogens is 2. The molecule has 1 heterocycles. The molecule has 2 N–H and O–H groups in total. The summed E-state index contributed by atoms with van der Waals surface area (Å²) in [6.07, 6.45) is 3.37. The fraction of sp³-hybridized carbons (Fsp3) is 0.231. The fourth-order valence-corrected chi connectivity index (χ4v) is 1.71. The van der Waals surface area contributed by atoms with Crippen molar-refractivity contribution in [2.75, 3.05) is 7.11 Å². The first-order valence-electron chi connectivity index (χ1n) is 5.39. The predicted octanol–water partition coefficient (Wildman–Crippen LogP) is 1.84. The van der Waals surface area contributed by atoms with Crippen LogP contribution < -0.4 is 10.5 Å². The summed E-state index contributed by atoms with van der Waals surface area (Å²) in [4.78, 5) is 8.34. The number of rotatable bonds is 3. The van der Waals surface area contributed by atoms with Crippen LogP contribution in [0.15, 0.2) is 36.7 Å². The molecule has 1 aromatic carbocycles. The molecule has 0 aliphatic heterocycles. The van der Waals surface area contributed by atoms with Crippen LogP contribution in [0.3, 0.4) is 0 Å². The molecule has 0 saturated heterocycles. The summed E-state index contributed by atoms with van der Waals surface area (Å²) in [7, 11) is 1.63. The topological polar surface area (TPSA) is 61.0 Å². The van der Waals surface area contributed by atoms with Crippen LogP contribution in [-0.4, -0.2) is 17.1 Å². The second-order valence-electron chi connectivity index (χ2n) is 3.83. The van der Waals surface area contributed by atoms with Gasteiger partial charge in [-0.3, -0.25) is 0 Å². The molecule has 4 heteroatoms. The fourth-order valence-electron chi connectivity index (χ4n) is 1.71. The van der Waals surface area contributed by atoms with Gasteiger partial charge in [0.25, 0.3) is 0 Å². The third kappa shape index (κ3) is 2.42. The van der Waals surface area contributed by atoms with Crippen LogP contribution in [0.25, 0.3) is 0 Å². The van der Waals surface area contributed by atoms with E-state index in [4.69, 9.17) is 10.5 Å². The van der Waals surface area contributed by atoms with Gasteiger partial charge in [-0.15, -0.1) is 0 Å². The van der Waals surface area contributed by atoms with Crippen molar-refractivity contribution < 1.29 is 4.74 Å². The van der Waals surface area contributed by atoms with Crippen LogP contribution >= 0.6 is 0 Å². The summed E-state index contributed by atoms with van der Waals surface area (Å²) in [5.41, 5.74) is 8.19. The number of methoxy groups -OCH3 is 1. The van der Waals surface area contributed by atoms with Gasteiger partial charge in [-0.2, -0.15) is 0 Å². The summed E-state index contributed by atoms with van der Waals surface area (Å²) in [6, 6.07) is 7.30. The van der Waals surface area contributed by atoms with Crippen molar-refractivity contribution in [3.8, 4) is 5.75 Å². The van der Waals surface area contributed by atoms with E-state index in [-0.39, 0.29) is 6.04 Å². The average Bonchev–Trinajstić information content (AvgIpc) is 2.39. The molecule has 1 unspecified atom stereocenters. The Morgan fingerprint density at radius 1 is 1.24 bits per heavy atom. The number of hydrogen-bond acceptors (Lipinski definition) is 4. The lowest BCUT2D eigenvalue weighted by Gasteiger charge is -2.15. The Morgan fingerprint density at radius 2 is 1.94 bits per heavy atom. The molecule has 0 radical (unpaired) electrons. The smallest absolute Gasteiger partial charge is 0.149 e. The first kappa shape index (κ1) is 11.5. The highest BCUT2D eigenvalue weighted by Gasteiger charge is 2.16. The molecule has 4 nitrogen and oxygen atoms in total. The molecule has 2 aromatic rings. The molecule has 1 atom stereocenters. The van der Waals surface area contributed by atoms with Crippen molar-refractivity contribution in [2.24, 2.45) is 5.73 Å². The van der Waals surface area contributed by atoms with E-state index in [1.54, 1.807) is 25.6 Å². The lowest BCUT2D eigenvalue weighted by molar-refractivity contribution is 0.407. The van der Waals surface area contributed by atoms with E-state index in [9.17, 15) is 0 Å². The lowest BCUT2D eigenvalue weighted by atomic mass is 10.0. The molecule has 0 saturated carbocycles. The van der Waals surface area contributed by atoms with Gasteiger partial charge in [-0.25, -0.2) is 9.97 Å². The number of ether oxygens (including phenoxy) is 1. The first-order chi connectivity index (χ1) is 8.22. The van der Waals surface area contributed by atoms with E-state index >= 15 is 0 Å². The van der Waals surface area contributed by atoms with Gasteiger partial charge in [0, 0.05) is 18.0 Å². The van der Waals surface area contributed by atoms with Crippen LogP contribution in [-0.2, 0) is 0 Å². The molecule has 88 valence electrons. The Morgan fingerprint density at radius 3 is 2.59 bits per heavy atom. The molecule has 0 aliphatic carbocycles. The molecule has 0 fully saturated rings. The zero-order valence-electron chi connectivity index (χ0n) is 9.92. The maximum atomic E-state index is 6.16. The van der Waals surface area contributed by atoms with Crippen molar-refractivity contribution in [2.45, 2.75) is 13.0 Å². The highest BCUT2D eigenvalue weighted by atomic mass is 16.5. The Bertz CT molecular complexity index is 499.